The zero-order chi connectivity index (χ0) is 19.4. The Morgan fingerprint density at radius 2 is 1.03 bits per heavy atom. The highest BCUT2D eigenvalue weighted by Gasteiger charge is 2.07. The molecule has 3 heteroatoms. The van der Waals surface area contributed by atoms with E-state index in [0.717, 1.165) is 0 Å². The molecule has 0 N–H and O–H groups in total. The normalized spacial score (nSPS) is 12.2. The van der Waals surface area contributed by atoms with Gasteiger partial charge in [0, 0.05) is 0 Å². The molecule has 6 aromatic rings. The predicted molar refractivity (Wildman–Crippen MR) is 128 cm³/mol. The van der Waals surface area contributed by atoms with Gasteiger partial charge in [0.05, 0.1) is 0 Å². The van der Waals surface area contributed by atoms with Crippen LogP contribution in [-0.2, 0) is 0 Å². The first-order valence-corrected chi connectivity index (χ1v) is 11.0. The van der Waals surface area contributed by atoms with Crippen LogP contribution in [0.15, 0.2) is 95.3 Å². The molecule has 0 unspecified atom stereocenters. The van der Waals surface area contributed by atoms with Crippen molar-refractivity contribution in [1.29, 1.82) is 0 Å². The minimum absolute atomic E-state index is 0.401. The summed E-state index contributed by atoms with van der Waals surface area (Å²) in [6.07, 6.45) is 0. The smallest absolute Gasteiger partial charge is 0.204 e. The van der Waals surface area contributed by atoms with E-state index in [4.69, 9.17) is 0 Å². The van der Waals surface area contributed by atoms with E-state index in [9.17, 15) is 0 Å². The summed E-state index contributed by atoms with van der Waals surface area (Å²) in [4.78, 5) is 0. The van der Waals surface area contributed by atoms with Crippen LogP contribution in [0.25, 0.3) is 53.9 Å². The van der Waals surface area contributed by atoms with Crippen LogP contribution >= 0.6 is 0 Å². The molecule has 4 radical (unpaired) electrons. The Balaban J connectivity index is 1.74. The Labute approximate surface area is 174 Å². The molecule has 0 atom stereocenters. The van der Waals surface area contributed by atoms with Gasteiger partial charge in [-0.3, -0.25) is 0 Å². The highest BCUT2D eigenvalue weighted by atomic mass is 28.2. The highest BCUT2D eigenvalue weighted by molar-refractivity contribution is 6.51. The molecular weight excluding hydrogens is 382 g/mol. The van der Waals surface area contributed by atoms with Crippen molar-refractivity contribution in [2.24, 2.45) is 4.30 Å². The molecule has 0 spiro atoms. The first kappa shape index (κ1) is 16.8. The number of nitrogens with zero attached hydrogens (tertiary/aromatic N) is 1. The molecule has 132 valence electrons. The van der Waals surface area contributed by atoms with E-state index in [-0.39, 0.29) is 0 Å². The molecule has 29 heavy (non-hydrogen) atoms. The molecule has 0 saturated carbocycles. The fraction of sp³-hybridized carbons (Fsp3) is 0. The summed E-state index contributed by atoms with van der Waals surface area (Å²) in [7, 11) is 3.70. The number of fused-ring (bicyclic) bond motifs is 6. The maximum Gasteiger partial charge on any atom is 0.204 e. The lowest BCUT2D eigenvalue weighted by atomic mass is 9.95. The van der Waals surface area contributed by atoms with Gasteiger partial charge in [-0.2, -0.15) is 0 Å². The average molecular weight is 398 g/mol. The molecule has 1 nitrogen and oxygen atoms in total. The van der Waals surface area contributed by atoms with Crippen molar-refractivity contribution in [1.82, 2.24) is 0 Å². The number of hydrogen-bond acceptors (Lipinski definition) is 1. The number of benzene rings is 6. The molecule has 0 fully saturated rings. The van der Waals surface area contributed by atoms with E-state index in [2.05, 4.69) is 106 Å². The lowest BCUT2D eigenvalue weighted by Crippen LogP contribution is -2.07. The van der Waals surface area contributed by atoms with Crippen LogP contribution in [0.5, 0.6) is 0 Å². The first-order valence-electron chi connectivity index (χ1n) is 9.64. The van der Waals surface area contributed by atoms with Crippen molar-refractivity contribution in [3.05, 3.63) is 91.0 Å². The largest absolute Gasteiger partial charge is 0.364 e. The van der Waals surface area contributed by atoms with Gasteiger partial charge in [-0.25, -0.2) is 0 Å². The average Bonchev–Trinajstić information content (AvgIpc) is 2.75. The van der Waals surface area contributed by atoms with Crippen molar-refractivity contribution in [2.75, 3.05) is 0 Å². The molecule has 0 amide bonds. The van der Waals surface area contributed by atoms with E-state index in [1.807, 2.05) is 0 Å². The van der Waals surface area contributed by atoms with Crippen LogP contribution in [0.4, 0.5) is 0 Å². The van der Waals surface area contributed by atoms with Gasteiger partial charge in [-0.15, -0.1) is 0 Å². The zero-order valence-electron chi connectivity index (χ0n) is 15.6. The summed E-state index contributed by atoms with van der Waals surface area (Å²) in [5, 5.41) is 14.1. The lowest BCUT2D eigenvalue weighted by molar-refractivity contribution is 1.79. The van der Waals surface area contributed by atoms with Crippen molar-refractivity contribution >= 4 is 78.8 Å². The minimum Gasteiger partial charge on any atom is -0.364 e. The van der Waals surface area contributed by atoms with E-state index >= 15 is 0 Å². The van der Waals surface area contributed by atoms with E-state index in [1.165, 1.54) is 59.0 Å². The molecule has 0 aromatic heterocycles. The van der Waals surface area contributed by atoms with Crippen LogP contribution in [0.2, 0.25) is 0 Å². The van der Waals surface area contributed by atoms with E-state index in [0.29, 0.717) is 9.31 Å². The number of rotatable bonds is 1. The SMILES string of the molecule is [Si]N=[Si]c1cccc2cc3ccc4cc5cc6ccccc6cc5cc4c3cc12. The molecular formula is C26H15NSi2. The van der Waals surface area contributed by atoms with Crippen molar-refractivity contribution in [3.63, 3.8) is 0 Å². The summed E-state index contributed by atoms with van der Waals surface area (Å²) in [5.41, 5.74) is 0. The van der Waals surface area contributed by atoms with Crippen molar-refractivity contribution in [3.8, 4) is 0 Å². The van der Waals surface area contributed by atoms with Gasteiger partial charge in [0.25, 0.3) is 0 Å². The van der Waals surface area contributed by atoms with Gasteiger partial charge in [0.1, 0.15) is 0 Å². The van der Waals surface area contributed by atoms with Gasteiger partial charge < -0.3 is 4.30 Å². The standard InChI is InChI=1S/C26H15NSi2/c28-27-29-26-7-3-6-18-12-19-8-9-20-13-21-10-16-4-1-2-5-17(16)11-22(21)14-23(20)24(19)15-25(18)26/h1-15H. The van der Waals surface area contributed by atoms with Gasteiger partial charge in [0.2, 0.25) is 10.4 Å². The second-order valence-electron chi connectivity index (χ2n) is 7.51. The molecule has 0 heterocycles. The fourth-order valence-electron chi connectivity index (χ4n) is 4.43. The summed E-state index contributed by atoms with van der Waals surface area (Å²) < 4.78 is 4.20. The van der Waals surface area contributed by atoms with Crippen LogP contribution in [0.1, 0.15) is 0 Å². The van der Waals surface area contributed by atoms with Crippen LogP contribution in [-0.4, -0.2) is 19.7 Å². The lowest BCUT2D eigenvalue weighted by Gasteiger charge is -2.10. The van der Waals surface area contributed by atoms with Gasteiger partial charge >= 0.3 is 0 Å². The quantitative estimate of drug-likeness (QED) is 0.182. The topological polar surface area (TPSA) is 12.4 Å². The molecule has 0 aliphatic carbocycles. The molecule has 0 saturated heterocycles. The Morgan fingerprint density at radius 3 is 1.76 bits per heavy atom. The molecule has 0 aliphatic heterocycles. The van der Waals surface area contributed by atoms with Crippen molar-refractivity contribution < 1.29 is 0 Å². The maximum absolute atomic E-state index is 4.20. The molecule has 0 aliphatic rings. The third kappa shape index (κ3) is 2.66. The fourth-order valence-corrected chi connectivity index (χ4v) is 5.42. The second-order valence-corrected chi connectivity index (χ2v) is 9.17. The summed E-state index contributed by atoms with van der Waals surface area (Å²) in [6.45, 7) is 0. The highest BCUT2D eigenvalue weighted by Crippen LogP contribution is 2.33. The van der Waals surface area contributed by atoms with Gasteiger partial charge in [-0.05, 0) is 95.4 Å². The molecule has 0 bridgehead atoms. The van der Waals surface area contributed by atoms with Gasteiger partial charge in [-0.1, -0.05) is 54.6 Å². The predicted octanol–water partition coefficient (Wildman–Crippen LogP) is 6.05. The first-order chi connectivity index (χ1) is 14.3. The third-order valence-electron chi connectivity index (χ3n) is 5.83. The summed E-state index contributed by atoms with van der Waals surface area (Å²) in [5.74, 6) is 0. The Hall–Kier alpha value is -3.15. The van der Waals surface area contributed by atoms with E-state index < -0.39 is 0 Å². The zero-order valence-corrected chi connectivity index (χ0v) is 17.6. The minimum atomic E-state index is 0.401. The van der Waals surface area contributed by atoms with E-state index in [1.54, 1.807) is 0 Å². The van der Waals surface area contributed by atoms with Crippen LogP contribution < -0.4 is 5.19 Å². The third-order valence-corrected chi connectivity index (χ3v) is 6.96. The van der Waals surface area contributed by atoms with Gasteiger partial charge in [0.15, 0.2) is 9.31 Å². The number of hydrogen-bond donors (Lipinski definition) is 0. The summed E-state index contributed by atoms with van der Waals surface area (Å²) in [6, 6.07) is 33.5. The molecule has 6 rings (SSSR count). The van der Waals surface area contributed by atoms with Crippen LogP contribution in [0.3, 0.4) is 0 Å². The maximum atomic E-state index is 4.20. The Morgan fingerprint density at radius 1 is 0.483 bits per heavy atom. The van der Waals surface area contributed by atoms with Crippen molar-refractivity contribution in [2.45, 2.75) is 0 Å². The monoisotopic (exact) mass is 397 g/mol. The summed E-state index contributed by atoms with van der Waals surface area (Å²) >= 11 is 0. The van der Waals surface area contributed by atoms with Crippen LogP contribution in [0, 0.1) is 0 Å². The Kier molecular flexibility index (Phi) is 3.73. The second kappa shape index (κ2) is 6.44. The molecule has 6 aromatic carbocycles. The Bertz CT molecular complexity index is 1620.